The van der Waals surface area contributed by atoms with Crippen LogP contribution in [0.5, 0.6) is 0 Å². The first-order chi connectivity index (χ1) is 8.74. The molecule has 0 amide bonds. The number of halogens is 1. The maximum Gasteiger partial charge on any atom is 0.294 e. The molecule has 2 aromatic carbocycles. The molecule has 0 atom stereocenters. The van der Waals surface area contributed by atoms with E-state index >= 15 is 0 Å². The minimum atomic E-state index is -0.533. The van der Waals surface area contributed by atoms with Crippen molar-refractivity contribution in [2.45, 2.75) is 0 Å². The largest absolute Gasteiger partial charge is 0.413 e. The van der Waals surface area contributed by atoms with E-state index < -0.39 is 11.4 Å². The van der Waals surface area contributed by atoms with Crippen molar-refractivity contribution in [1.82, 2.24) is 4.73 Å². The average molecular weight is 243 g/mol. The maximum atomic E-state index is 13.8. The summed E-state index contributed by atoms with van der Waals surface area (Å²) in [6.07, 6.45) is 0. The second-order valence-corrected chi connectivity index (χ2v) is 3.96. The number of pyridine rings is 1. The summed E-state index contributed by atoms with van der Waals surface area (Å²) in [5, 5.41) is 1.44. The van der Waals surface area contributed by atoms with Gasteiger partial charge in [-0.1, -0.05) is 30.3 Å². The van der Waals surface area contributed by atoms with Crippen molar-refractivity contribution in [1.29, 1.82) is 0 Å². The van der Waals surface area contributed by atoms with Gasteiger partial charge in [-0.25, -0.2) is 4.39 Å². The third-order valence-electron chi connectivity index (χ3n) is 3.01. The van der Waals surface area contributed by atoms with Crippen molar-refractivity contribution in [3.05, 3.63) is 58.6 Å². The van der Waals surface area contributed by atoms with E-state index in [1.807, 2.05) is 18.2 Å². The Balaban J connectivity index is 2.71. The number of benzene rings is 2. The highest BCUT2D eigenvalue weighted by Crippen LogP contribution is 2.23. The summed E-state index contributed by atoms with van der Waals surface area (Å²) in [4.78, 5) is 17.3. The van der Waals surface area contributed by atoms with E-state index in [4.69, 9.17) is 4.84 Å². The van der Waals surface area contributed by atoms with Crippen LogP contribution >= 0.6 is 0 Å². The third-order valence-corrected chi connectivity index (χ3v) is 3.01. The summed E-state index contributed by atoms with van der Waals surface area (Å²) in [5.41, 5.74) is 0.146. The molecule has 18 heavy (non-hydrogen) atoms. The molecular formula is C14H10FNO2. The van der Waals surface area contributed by atoms with Crippen molar-refractivity contribution in [3.63, 3.8) is 0 Å². The number of hydrogen-bond acceptors (Lipinski definition) is 2. The minimum absolute atomic E-state index is 0.0538. The monoisotopic (exact) mass is 243 g/mol. The standard InChI is InChI=1S/C14H10FNO2/c1-18-16-12-8-3-2-5-9(12)10-6-4-7-11(15)13(10)14(16)17/h2-8H,1H3. The summed E-state index contributed by atoms with van der Waals surface area (Å²) >= 11 is 0. The first-order valence-corrected chi connectivity index (χ1v) is 5.50. The van der Waals surface area contributed by atoms with Gasteiger partial charge in [0.25, 0.3) is 5.56 Å². The van der Waals surface area contributed by atoms with Crippen molar-refractivity contribution in [2.24, 2.45) is 0 Å². The number of nitrogens with zero attached hydrogens (tertiary/aromatic N) is 1. The minimum Gasteiger partial charge on any atom is -0.413 e. The second kappa shape index (κ2) is 3.84. The van der Waals surface area contributed by atoms with Gasteiger partial charge in [-0.15, -0.1) is 4.73 Å². The Morgan fingerprint density at radius 1 is 1.06 bits per heavy atom. The Morgan fingerprint density at radius 2 is 1.78 bits per heavy atom. The molecule has 0 saturated heterocycles. The molecule has 3 rings (SSSR count). The Kier molecular flexibility index (Phi) is 2.30. The third kappa shape index (κ3) is 1.32. The molecule has 0 aliphatic heterocycles. The summed E-state index contributed by atoms with van der Waals surface area (Å²) in [6.45, 7) is 0. The van der Waals surface area contributed by atoms with Crippen LogP contribution < -0.4 is 10.4 Å². The lowest BCUT2D eigenvalue weighted by atomic mass is 10.1. The van der Waals surface area contributed by atoms with Crippen LogP contribution in [0.2, 0.25) is 0 Å². The quantitative estimate of drug-likeness (QED) is 0.614. The maximum absolute atomic E-state index is 13.8. The van der Waals surface area contributed by atoms with Gasteiger partial charge in [0.2, 0.25) is 0 Å². The molecule has 0 unspecified atom stereocenters. The van der Waals surface area contributed by atoms with Gasteiger partial charge in [0.05, 0.1) is 10.9 Å². The molecule has 3 aromatic rings. The molecule has 0 N–H and O–H groups in total. The molecule has 0 radical (unpaired) electrons. The van der Waals surface area contributed by atoms with E-state index in [1.54, 1.807) is 18.2 Å². The second-order valence-electron chi connectivity index (χ2n) is 3.96. The molecule has 1 heterocycles. The van der Waals surface area contributed by atoms with Crippen LogP contribution in [-0.2, 0) is 0 Å². The fourth-order valence-corrected chi connectivity index (χ4v) is 2.24. The molecule has 0 aliphatic rings. The van der Waals surface area contributed by atoms with Gasteiger partial charge in [-0.2, -0.15) is 0 Å². The smallest absolute Gasteiger partial charge is 0.294 e. The van der Waals surface area contributed by atoms with Gasteiger partial charge >= 0.3 is 0 Å². The molecule has 0 saturated carbocycles. The fraction of sp³-hybridized carbons (Fsp3) is 0.0714. The number of aromatic nitrogens is 1. The number of fused-ring (bicyclic) bond motifs is 3. The lowest BCUT2D eigenvalue weighted by Gasteiger charge is -2.11. The highest BCUT2D eigenvalue weighted by Gasteiger charge is 2.13. The van der Waals surface area contributed by atoms with Crippen molar-refractivity contribution >= 4 is 21.7 Å². The summed E-state index contributed by atoms with van der Waals surface area (Å²) in [5.74, 6) is -0.533. The predicted molar refractivity (Wildman–Crippen MR) is 68.2 cm³/mol. The molecule has 0 spiro atoms. The lowest BCUT2D eigenvalue weighted by Crippen LogP contribution is -2.26. The first kappa shape index (κ1) is 10.8. The van der Waals surface area contributed by atoms with E-state index in [9.17, 15) is 9.18 Å². The molecule has 3 nitrogen and oxygen atoms in total. The van der Waals surface area contributed by atoms with E-state index in [0.717, 1.165) is 10.1 Å². The van der Waals surface area contributed by atoms with E-state index in [2.05, 4.69) is 0 Å². The van der Waals surface area contributed by atoms with Crippen LogP contribution in [0.4, 0.5) is 4.39 Å². The zero-order chi connectivity index (χ0) is 12.7. The Labute approximate surface area is 102 Å². The number of hydrogen-bond donors (Lipinski definition) is 0. The highest BCUT2D eigenvalue weighted by molar-refractivity contribution is 6.05. The van der Waals surface area contributed by atoms with Crippen LogP contribution in [0.25, 0.3) is 21.7 Å². The molecule has 1 aromatic heterocycles. The van der Waals surface area contributed by atoms with E-state index in [1.165, 1.54) is 13.2 Å². The van der Waals surface area contributed by atoms with Crippen molar-refractivity contribution in [3.8, 4) is 0 Å². The van der Waals surface area contributed by atoms with Crippen LogP contribution in [0.3, 0.4) is 0 Å². The van der Waals surface area contributed by atoms with Gasteiger partial charge < -0.3 is 4.84 Å². The lowest BCUT2D eigenvalue weighted by molar-refractivity contribution is 0.170. The van der Waals surface area contributed by atoms with Crippen LogP contribution in [-0.4, -0.2) is 11.8 Å². The van der Waals surface area contributed by atoms with Crippen molar-refractivity contribution in [2.75, 3.05) is 7.11 Å². The van der Waals surface area contributed by atoms with Crippen LogP contribution in [0, 0.1) is 5.82 Å². The van der Waals surface area contributed by atoms with E-state index in [-0.39, 0.29) is 5.39 Å². The van der Waals surface area contributed by atoms with Gasteiger partial charge in [0, 0.05) is 5.39 Å². The fourth-order valence-electron chi connectivity index (χ4n) is 2.24. The van der Waals surface area contributed by atoms with Crippen LogP contribution in [0.1, 0.15) is 0 Å². The Hall–Kier alpha value is -2.36. The Bertz CT molecular complexity index is 808. The van der Waals surface area contributed by atoms with Gasteiger partial charge in [0.1, 0.15) is 12.9 Å². The summed E-state index contributed by atoms with van der Waals surface area (Å²) < 4.78 is 14.9. The zero-order valence-corrected chi connectivity index (χ0v) is 9.68. The average Bonchev–Trinajstić information content (AvgIpc) is 2.39. The first-order valence-electron chi connectivity index (χ1n) is 5.50. The number of rotatable bonds is 1. The van der Waals surface area contributed by atoms with E-state index in [0.29, 0.717) is 10.9 Å². The predicted octanol–water partition coefficient (Wildman–Crippen LogP) is 2.35. The van der Waals surface area contributed by atoms with Gasteiger partial charge in [-0.3, -0.25) is 4.79 Å². The Morgan fingerprint density at radius 3 is 2.56 bits per heavy atom. The highest BCUT2D eigenvalue weighted by atomic mass is 19.1. The summed E-state index contributed by atoms with van der Waals surface area (Å²) in [6, 6.07) is 11.9. The SMILES string of the molecule is COn1c(=O)c2c(F)cccc2c2ccccc21. The molecular weight excluding hydrogens is 233 g/mol. The van der Waals surface area contributed by atoms with Crippen molar-refractivity contribution < 1.29 is 9.23 Å². The van der Waals surface area contributed by atoms with Gasteiger partial charge in [0.15, 0.2) is 0 Å². The zero-order valence-electron chi connectivity index (χ0n) is 9.68. The van der Waals surface area contributed by atoms with Crippen LogP contribution in [0.15, 0.2) is 47.3 Å². The molecule has 0 fully saturated rings. The molecule has 0 aliphatic carbocycles. The molecule has 90 valence electrons. The van der Waals surface area contributed by atoms with Gasteiger partial charge in [-0.05, 0) is 17.5 Å². The normalized spacial score (nSPS) is 11.0. The number of para-hydroxylation sites is 1. The topological polar surface area (TPSA) is 31.2 Å². The molecule has 4 heteroatoms. The molecule has 0 bridgehead atoms. The summed E-state index contributed by atoms with van der Waals surface area (Å²) in [7, 11) is 1.39.